The lowest BCUT2D eigenvalue weighted by Gasteiger charge is -2.28. The maximum Gasteiger partial charge on any atom is 0.320 e. The molecule has 0 radical (unpaired) electrons. The third-order valence-electron chi connectivity index (χ3n) is 3.73. The van der Waals surface area contributed by atoms with Crippen LogP contribution in [0.2, 0.25) is 0 Å². The second kappa shape index (κ2) is 5.20. The molecule has 0 aliphatic heterocycles. The minimum atomic E-state index is -0.877. The minimum Gasteiger partial charge on any atom is -0.388 e. The fourth-order valence-electron chi connectivity index (χ4n) is 2.69. The second-order valence-corrected chi connectivity index (χ2v) is 5.35. The van der Waals surface area contributed by atoms with Gasteiger partial charge in [-0.05, 0) is 12.8 Å². The molecule has 110 valence electrons. The highest BCUT2D eigenvalue weighted by molar-refractivity contribution is 5.96. The van der Waals surface area contributed by atoms with Crippen LogP contribution in [0.25, 0.3) is 0 Å². The maximum absolute atomic E-state index is 12.3. The molecule has 2 rings (SSSR count). The molecule has 1 aromatic heterocycles. The first kappa shape index (κ1) is 14.4. The van der Waals surface area contributed by atoms with E-state index in [0.29, 0.717) is 12.8 Å². The molecule has 8 nitrogen and oxygen atoms in total. The van der Waals surface area contributed by atoms with Crippen LogP contribution in [0.3, 0.4) is 0 Å². The highest BCUT2D eigenvalue weighted by Gasteiger charge is 2.35. The Labute approximate surface area is 116 Å². The van der Waals surface area contributed by atoms with Gasteiger partial charge in [-0.3, -0.25) is 19.6 Å². The second-order valence-electron chi connectivity index (χ2n) is 5.35. The number of carbonyl (C=O) groups is 1. The topological polar surface area (TPSA) is 102 Å². The summed E-state index contributed by atoms with van der Waals surface area (Å²) in [6, 6.07) is 0. The zero-order chi connectivity index (χ0) is 14.9. The fourth-order valence-corrected chi connectivity index (χ4v) is 2.69. The first-order valence-electron chi connectivity index (χ1n) is 6.48. The van der Waals surface area contributed by atoms with Crippen molar-refractivity contribution in [1.82, 2.24) is 14.7 Å². The number of hydrogen-bond donors (Lipinski definition) is 1. The maximum atomic E-state index is 12.3. The van der Waals surface area contributed by atoms with Crippen LogP contribution in [0.5, 0.6) is 0 Å². The van der Waals surface area contributed by atoms with Crippen molar-refractivity contribution in [2.45, 2.75) is 31.3 Å². The molecule has 0 aromatic carbocycles. The van der Waals surface area contributed by atoms with Crippen LogP contribution in [0, 0.1) is 10.1 Å². The van der Waals surface area contributed by atoms with Gasteiger partial charge in [-0.2, -0.15) is 5.10 Å². The third-order valence-corrected chi connectivity index (χ3v) is 3.73. The van der Waals surface area contributed by atoms with E-state index in [1.165, 1.54) is 23.7 Å². The molecule has 1 aliphatic carbocycles. The SMILES string of the molecule is CN(CC1(O)CCCC1)C(=O)c1c([N+](=O)[O-])cnn1C. The Bertz CT molecular complexity index is 534. The Morgan fingerprint density at radius 1 is 1.60 bits per heavy atom. The van der Waals surface area contributed by atoms with Gasteiger partial charge < -0.3 is 10.0 Å². The number of nitro groups is 1. The van der Waals surface area contributed by atoms with E-state index in [0.717, 1.165) is 19.0 Å². The summed E-state index contributed by atoms with van der Waals surface area (Å²) in [5, 5.41) is 25.0. The van der Waals surface area contributed by atoms with Gasteiger partial charge in [-0.1, -0.05) is 12.8 Å². The van der Waals surface area contributed by atoms with Crippen LogP contribution in [0.4, 0.5) is 5.69 Å². The predicted octanol–water partition coefficient (Wildman–Crippen LogP) is 0.705. The van der Waals surface area contributed by atoms with E-state index in [1.54, 1.807) is 0 Å². The summed E-state index contributed by atoms with van der Waals surface area (Å²) in [5.41, 5.74) is -1.26. The average Bonchev–Trinajstić information content (AvgIpc) is 2.94. The molecular formula is C12H18N4O4. The molecule has 1 saturated carbocycles. The monoisotopic (exact) mass is 282 g/mol. The summed E-state index contributed by atoms with van der Waals surface area (Å²) in [6.07, 6.45) is 4.23. The molecule has 0 atom stereocenters. The van der Waals surface area contributed by atoms with Gasteiger partial charge in [0.1, 0.15) is 6.20 Å². The van der Waals surface area contributed by atoms with E-state index in [9.17, 15) is 20.0 Å². The van der Waals surface area contributed by atoms with E-state index in [4.69, 9.17) is 0 Å². The highest BCUT2D eigenvalue weighted by atomic mass is 16.6. The van der Waals surface area contributed by atoms with Gasteiger partial charge in [-0.15, -0.1) is 0 Å². The molecule has 0 spiro atoms. The molecule has 1 fully saturated rings. The summed E-state index contributed by atoms with van der Waals surface area (Å²) in [7, 11) is 3.02. The van der Waals surface area contributed by atoms with Crippen molar-refractivity contribution in [3.05, 3.63) is 22.0 Å². The number of carbonyl (C=O) groups excluding carboxylic acids is 1. The van der Waals surface area contributed by atoms with E-state index in [1.807, 2.05) is 0 Å². The Hall–Kier alpha value is -1.96. The lowest BCUT2D eigenvalue weighted by atomic mass is 10.0. The summed E-state index contributed by atoms with van der Waals surface area (Å²) < 4.78 is 1.19. The van der Waals surface area contributed by atoms with E-state index in [-0.39, 0.29) is 17.9 Å². The number of aromatic nitrogens is 2. The first-order chi connectivity index (χ1) is 9.34. The number of aliphatic hydroxyl groups is 1. The molecule has 0 saturated heterocycles. The van der Waals surface area contributed by atoms with E-state index < -0.39 is 16.4 Å². The number of rotatable bonds is 4. The first-order valence-corrected chi connectivity index (χ1v) is 6.48. The molecule has 1 aliphatic rings. The lowest BCUT2D eigenvalue weighted by Crippen LogP contribution is -2.42. The molecule has 1 N–H and O–H groups in total. The number of hydrogen-bond acceptors (Lipinski definition) is 5. The van der Waals surface area contributed by atoms with Gasteiger partial charge >= 0.3 is 5.69 Å². The molecule has 1 amide bonds. The van der Waals surface area contributed by atoms with Crippen molar-refractivity contribution in [3.8, 4) is 0 Å². The van der Waals surface area contributed by atoms with Crippen LogP contribution in [0.1, 0.15) is 36.2 Å². The molecule has 0 bridgehead atoms. The van der Waals surface area contributed by atoms with Crippen LogP contribution in [0.15, 0.2) is 6.20 Å². The Morgan fingerprint density at radius 3 is 2.75 bits per heavy atom. The number of amides is 1. The molecule has 1 heterocycles. The van der Waals surface area contributed by atoms with Crippen LogP contribution >= 0.6 is 0 Å². The Kier molecular flexibility index (Phi) is 3.76. The quantitative estimate of drug-likeness (QED) is 0.647. The number of aryl methyl sites for hydroxylation is 1. The van der Waals surface area contributed by atoms with Gasteiger partial charge in [0.25, 0.3) is 5.91 Å². The molecular weight excluding hydrogens is 264 g/mol. The summed E-state index contributed by atoms with van der Waals surface area (Å²) in [4.78, 5) is 23.9. The summed E-state index contributed by atoms with van der Waals surface area (Å²) in [5.74, 6) is -0.503. The predicted molar refractivity (Wildman–Crippen MR) is 70.2 cm³/mol. The van der Waals surface area contributed by atoms with Crippen molar-refractivity contribution < 1.29 is 14.8 Å². The third kappa shape index (κ3) is 2.64. The molecule has 0 unspecified atom stereocenters. The Morgan fingerprint density at radius 2 is 2.20 bits per heavy atom. The largest absolute Gasteiger partial charge is 0.388 e. The standard InChI is InChI=1S/C12H18N4O4/c1-14(8-12(18)5-3-4-6-12)11(17)10-9(16(19)20)7-13-15(10)2/h7,18H,3-6,8H2,1-2H3. The van der Waals surface area contributed by atoms with Crippen LogP contribution in [-0.2, 0) is 7.05 Å². The van der Waals surface area contributed by atoms with Crippen molar-refractivity contribution in [1.29, 1.82) is 0 Å². The molecule has 20 heavy (non-hydrogen) atoms. The van der Waals surface area contributed by atoms with Crippen molar-refractivity contribution >= 4 is 11.6 Å². The van der Waals surface area contributed by atoms with E-state index >= 15 is 0 Å². The fraction of sp³-hybridized carbons (Fsp3) is 0.667. The lowest BCUT2D eigenvalue weighted by molar-refractivity contribution is -0.385. The van der Waals surface area contributed by atoms with Gasteiger partial charge in [-0.25, -0.2) is 0 Å². The summed E-state index contributed by atoms with van der Waals surface area (Å²) in [6.45, 7) is 0.175. The average molecular weight is 282 g/mol. The normalized spacial score (nSPS) is 17.1. The van der Waals surface area contributed by atoms with Gasteiger partial charge in [0.15, 0.2) is 0 Å². The van der Waals surface area contributed by atoms with Gasteiger partial charge in [0, 0.05) is 20.6 Å². The zero-order valence-electron chi connectivity index (χ0n) is 11.6. The smallest absolute Gasteiger partial charge is 0.320 e. The van der Waals surface area contributed by atoms with E-state index in [2.05, 4.69) is 5.10 Å². The van der Waals surface area contributed by atoms with Crippen molar-refractivity contribution in [2.24, 2.45) is 7.05 Å². The van der Waals surface area contributed by atoms with Crippen LogP contribution < -0.4 is 0 Å². The molecule has 1 aromatic rings. The summed E-state index contributed by atoms with van der Waals surface area (Å²) >= 11 is 0. The number of likely N-dealkylation sites (N-methyl/N-ethyl adjacent to an activating group) is 1. The van der Waals surface area contributed by atoms with Gasteiger partial charge in [0.2, 0.25) is 5.69 Å². The molecule has 8 heteroatoms. The van der Waals surface area contributed by atoms with Crippen molar-refractivity contribution in [3.63, 3.8) is 0 Å². The zero-order valence-corrected chi connectivity index (χ0v) is 11.6. The number of nitrogens with zero attached hydrogens (tertiary/aromatic N) is 4. The highest BCUT2D eigenvalue weighted by Crippen LogP contribution is 2.30. The van der Waals surface area contributed by atoms with Crippen LogP contribution in [-0.4, -0.2) is 49.8 Å². The Balaban J connectivity index is 2.18. The van der Waals surface area contributed by atoms with Crippen molar-refractivity contribution in [2.75, 3.05) is 13.6 Å². The van der Waals surface area contributed by atoms with Gasteiger partial charge in [0.05, 0.1) is 10.5 Å². The minimum absolute atomic E-state index is 0.0703.